The molecule has 0 aliphatic heterocycles. The van der Waals surface area contributed by atoms with E-state index >= 15 is 0 Å². The lowest BCUT2D eigenvalue weighted by atomic mass is 10.2. The Bertz CT molecular complexity index is 412. The molecule has 0 fully saturated rings. The Labute approximate surface area is 98.8 Å². The van der Waals surface area contributed by atoms with E-state index in [1.54, 1.807) is 6.07 Å². The Morgan fingerprint density at radius 3 is 2.81 bits per heavy atom. The number of amides is 1. The van der Waals surface area contributed by atoms with Gasteiger partial charge in [0.05, 0.1) is 0 Å². The minimum atomic E-state index is -0.490. The monoisotopic (exact) mass is 238 g/mol. The first-order chi connectivity index (χ1) is 7.40. The highest BCUT2D eigenvalue weighted by molar-refractivity contribution is 7.10. The van der Waals surface area contributed by atoms with E-state index in [2.05, 4.69) is 5.32 Å². The van der Waals surface area contributed by atoms with Crippen molar-refractivity contribution in [3.05, 3.63) is 21.9 Å². The Hall–Kier alpha value is -1.54. The Morgan fingerprint density at radius 2 is 2.31 bits per heavy atom. The number of nitrogens with one attached hydrogen (secondary N) is 1. The number of rotatable bonds is 2. The van der Waals surface area contributed by atoms with E-state index in [1.165, 1.54) is 11.3 Å². The van der Waals surface area contributed by atoms with Crippen LogP contribution in [0.1, 0.15) is 31.2 Å². The summed E-state index contributed by atoms with van der Waals surface area (Å²) in [7, 11) is 0. The fourth-order valence-electron chi connectivity index (χ4n) is 1.02. The number of thiophene rings is 1. The SMILES string of the molecule is CC(C)(C)OC(=O)NCc1csc(C#N)c1. The predicted octanol–water partition coefficient (Wildman–Crippen LogP) is 2.64. The van der Waals surface area contributed by atoms with E-state index < -0.39 is 11.7 Å². The fraction of sp³-hybridized carbons (Fsp3) is 0.455. The van der Waals surface area contributed by atoms with Gasteiger partial charge >= 0.3 is 6.09 Å². The van der Waals surface area contributed by atoms with Gasteiger partial charge in [0.1, 0.15) is 16.5 Å². The molecule has 1 N–H and O–H groups in total. The summed E-state index contributed by atoms with van der Waals surface area (Å²) in [6, 6.07) is 3.80. The lowest BCUT2D eigenvalue weighted by Crippen LogP contribution is -2.32. The summed E-state index contributed by atoms with van der Waals surface area (Å²) in [5, 5.41) is 13.1. The van der Waals surface area contributed by atoms with Crippen LogP contribution >= 0.6 is 11.3 Å². The van der Waals surface area contributed by atoms with Gasteiger partial charge in [-0.25, -0.2) is 4.79 Å². The van der Waals surface area contributed by atoms with Crippen LogP contribution in [-0.4, -0.2) is 11.7 Å². The van der Waals surface area contributed by atoms with Crippen molar-refractivity contribution in [1.82, 2.24) is 5.32 Å². The van der Waals surface area contributed by atoms with Crippen LogP contribution in [-0.2, 0) is 11.3 Å². The van der Waals surface area contributed by atoms with Gasteiger partial charge in [-0.1, -0.05) is 0 Å². The van der Waals surface area contributed by atoms with Crippen LogP contribution < -0.4 is 5.32 Å². The van der Waals surface area contributed by atoms with Crippen LogP contribution in [0.5, 0.6) is 0 Å². The van der Waals surface area contributed by atoms with Gasteiger partial charge in [0, 0.05) is 6.54 Å². The van der Waals surface area contributed by atoms with Crippen molar-refractivity contribution in [3.63, 3.8) is 0 Å². The van der Waals surface area contributed by atoms with Crippen LogP contribution in [0.15, 0.2) is 11.4 Å². The van der Waals surface area contributed by atoms with Gasteiger partial charge in [-0.05, 0) is 37.8 Å². The molecular formula is C11H14N2O2S. The molecule has 0 saturated carbocycles. The maximum absolute atomic E-state index is 11.3. The molecule has 4 nitrogen and oxygen atoms in total. The lowest BCUT2D eigenvalue weighted by molar-refractivity contribution is 0.0523. The average molecular weight is 238 g/mol. The summed E-state index contributed by atoms with van der Waals surface area (Å²) in [6.07, 6.45) is -0.447. The molecule has 1 heterocycles. The van der Waals surface area contributed by atoms with Gasteiger partial charge in [-0.3, -0.25) is 0 Å². The number of nitrogens with zero attached hydrogens (tertiary/aromatic N) is 1. The number of alkyl carbamates (subject to hydrolysis) is 1. The molecule has 1 aromatic heterocycles. The zero-order valence-electron chi connectivity index (χ0n) is 9.53. The number of hydrogen-bond donors (Lipinski definition) is 1. The Kier molecular flexibility index (Phi) is 3.91. The zero-order valence-corrected chi connectivity index (χ0v) is 10.4. The molecule has 0 saturated heterocycles. The third kappa shape index (κ3) is 4.32. The molecule has 86 valence electrons. The topological polar surface area (TPSA) is 62.1 Å². The minimum Gasteiger partial charge on any atom is -0.444 e. The van der Waals surface area contributed by atoms with E-state index in [-0.39, 0.29) is 0 Å². The molecule has 16 heavy (non-hydrogen) atoms. The highest BCUT2D eigenvalue weighted by Crippen LogP contribution is 2.13. The molecular weight excluding hydrogens is 224 g/mol. The van der Waals surface area contributed by atoms with Crippen molar-refractivity contribution in [2.45, 2.75) is 32.9 Å². The van der Waals surface area contributed by atoms with Crippen molar-refractivity contribution in [2.75, 3.05) is 0 Å². The number of ether oxygens (including phenoxy) is 1. The molecule has 1 rings (SSSR count). The fourth-order valence-corrected chi connectivity index (χ4v) is 1.72. The van der Waals surface area contributed by atoms with Gasteiger partial charge in [0.2, 0.25) is 0 Å². The summed E-state index contributed by atoms with van der Waals surface area (Å²) in [5.74, 6) is 0. The van der Waals surface area contributed by atoms with Gasteiger partial charge in [-0.15, -0.1) is 11.3 Å². The maximum Gasteiger partial charge on any atom is 0.407 e. The van der Waals surface area contributed by atoms with Crippen LogP contribution in [0, 0.1) is 11.3 Å². The molecule has 0 unspecified atom stereocenters. The largest absolute Gasteiger partial charge is 0.444 e. The summed E-state index contributed by atoms with van der Waals surface area (Å²) >= 11 is 1.36. The van der Waals surface area contributed by atoms with Crippen molar-refractivity contribution >= 4 is 17.4 Å². The van der Waals surface area contributed by atoms with Gasteiger partial charge in [0.25, 0.3) is 0 Å². The first-order valence-corrected chi connectivity index (χ1v) is 5.73. The van der Waals surface area contributed by atoms with Crippen molar-refractivity contribution in [3.8, 4) is 6.07 Å². The average Bonchev–Trinajstić information content (AvgIpc) is 2.59. The highest BCUT2D eigenvalue weighted by Gasteiger charge is 2.15. The van der Waals surface area contributed by atoms with E-state index in [1.807, 2.05) is 32.2 Å². The Balaban J connectivity index is 2.41. The molecule has 0 radical (unpaired) electrons. The van der Waals surface area contributed by atoms with Crippen LogP contribution in [0.4, 0.5) is 4.79 Å². The van der Waals surface area contributed by atoms with Gasteiger partial charge in [0.15, 0.2) is 0 Å². The van der Waals surface area contributed by atoms with Crippen LogP contribution in [0.25, 0.3) is 0 Å². The first kappa shape index (κ1) is 12.5. The third-order valence-electron chi connectivity index (χ3n) is 1.60. The van der Waals surface area contributed by atoms with Gasteiger partial charge in [-0.2, -0.15) is 5.26 Å². The second kappa shape index (κ2) is 4.99. The van der Waals surface area contributed by atoms with Crippen molar-refractivity contribution in [1.29, 1.82) is 5.26 Å². The van der Waals surface area contributed by atoms with Crippen LogP contribution in [0.2, 0.25) is 0 Å². The molecule has 1 aromatic rings. The van der Waals surface area contributed by atoms with Crippen molar-refractivity contribution < 1.29 is 9.53 Å². The quantitative estimate of drug-likeness (QED) is 0.861. The van der Waals surface area contributed by atoms with E-state index in [9.17, 15) is 4.79 Å². The number of hydrogen-bond acceptors (Lipinski definition) is 4. The normalized spacial score (nSPS) is 10.6. The standard InChI is InChI=1S/C11H14N2O2S/c1-11(2,3)15-10(14)13-6-8-4-9(5-12)16-7-8/h4,7H,6H2,1-3H3,(H,13,14). The van der Waals surface area contributed by atoms with E-state index in [4.69, 9.17) is 10.00 Å². The van der Waals surface area contributed by atoms with Gasteiger partial charge < -0.3 is 10.1 Å². The third-order valence-corrected chi connectivity index (χ3v) is 2.48. The zero-order chi connectivity index (χ0) is 12.2. The summed E-state index contributed by atoms with van der Waals surface area (Å²) < 4.78 is 5.08. The number of carbonyl (C=O) groups is 1. The van der Waals surface area contributed by atoms with E-state index in [0.717, 1.165) is 5.56 Å². The van der Waals surface area contributed by atoms with E-state index in [0.29, 0.717) is 11.4 Å². The van der Waals surface area contributed by atoms with Crippen molar-refractivity contribution in [2.24, 2.45) is 0 Å². The molecule has 0 atom stereocenters. The molecule has 1 amide bonds. The summed E-state index contributed by atoms with van der Waals surface area (Å²) in [4.78, 5) is 12.0. The molecule has 0 bridgehead atoms. The highest BCUT2D eigenvalue weighted by atomic mass is 32.1. The predicted molar refractivity (Wildman–Crippen MR) is 62.1 cm³/mol. The molecule has 0 aliphatic rings. The second-order valence-corrected chi connectivity index (χ2v) is 5.20. The maximum atomic E-state index is 11.3. The first-order valence-electron chi connectivity index (χ1n) is 4.85. The molecule has 0 aliphatic carbocycles. The molecule has 0 aromatic carbocycles. The molecule has 5 heteroatoms. The molecule has 0 spiro atoms. The Morgan fingerprint density at radius 1 is 1.62 bits per heavy atom. The number of carbonyl (C=O) groups excluding carboxylic acids is 1. The summed E-state index contributed by atoms with van der Waals surface area (Å²) in [5.41, 5.74) is 0.420. The minimum absolute atomic E-state index is 0.382. The second-order valence-electron chi connectivity index (χ2n) is 4.29. The smallest absolute Gasteiger partial charge is 0.407 e. The summed E-state index contributed by atoms with van der Waals surface area (Å²) in [6.45, 7) is 5.81. The number of nitriles is 1. The lowest BCUT2D eigenvalue weighted by Gasteiger charge is -2.19. The van der Waals surface area contributed by atoms with Crippen LogP contribution in [0.3, 0.4) is 0 Å².